The van der Waals surface area contributed by atoms with E-state index in [2.05, 4.69) is 34.2 Å². The second kappa shape index (κ2) is 10.2. The van der Waals surface area contributed by atoms with Gasteiger partial charge in [0.2, 0.25) is 5.75 Å². The van der Waals surface area contributed by atoms with Crippen LogP contribution in [-0.4, -0.2) is 32.9 Å². The lowest BCUT2D eigenvalue weighted by Gasteiger charge is -2.23. The highest BCUT2D eigenvalue weighted by Gasteiger charge is 2.15. The van der Waals surface area contributed by atoms with Gasteiger partial charge in [-0.05, 0) is 35.4 Å². The largest absolute Gasteiger partial charge is 0.493 e. The van der Waals surface area contributed by atoms with Crippen LogP contribution in [0.2, 0.25) is 0 Å². The van der Waals surface area contributed by atoms with E-state index >= 15 is 0 Å². The van der Waals surface area contributed by atoms with Crippen LogP contribution < -0.4 is 19.1 Å². The summed E-state index contributed by atoms with van der Waals surface area (Å²) in [4.78, 5) is 6.72. The van der Waals surface area contributed by atoms with Crippen LogP contribution in [0.1, 0.15) is 11.1 Å². The molecule has 0 bridgehead atoms. The van der Waals surface area contributed by atoms with E-state index in [0.717, 1.165) is 11.4 Å². The van der Waals surface area contributed by atoms with Crippen LogP contribution in [0.4, 0.5) is 5.82 Å². The molecule has 1 heterocycles. The van der Waals surface area contributed by atoms with Crippen molar-refractivity contribution in [2.24, 2.45) is 0 Å². The summed E-state index contributed by atoms with van der Waals surface area (Å²) in [6.45, 7) is 1.36. The van der Waals surface area contributed by atoms with Gasteiger partial charge in [-0.1, -0.05) is 48.6 Å². The smallest absolute Gasteiger partial charge is 0.203 e. The van der Waals surface area contributed by atoms with Crippen molar-refractivity contribution in [3.05, 3.63) is 84.1 Å². The van der Waals surface area contributed by atoms with Crippen molar-refractivity contribution in [3.63, 3.8) is 0 Å². The molecule has 1 aromatic heterocycles. The van der Waals surface area contributed by atoms with Gasteiger partial charge in [0.1, 0.15) is 5.82 Å². The number of benzene rings is 2. The van der Waals surface area contributed by atoms with Crippen molar-refractivity contribution in [2.75, 3.05) is 32.8 Å². The van der Waals surface area contributed by atoms with Gasteiger partial charge in [-0.25, -0.2) is 4.98 Å². The summed E-state index contributed by atoms with van der Waals surface area (Å²) in [5.41, 5.74) is 2.21. The minimum absolute atomic E-state index is 0.590. The molecule has 0 radical (unpaired) electrons. The molecule has 0 saturated heterocycles. The van der Waals surface area contributed by atoms with Crippen molar-refractivity contribution in [1.82, 2.24) is 4.98 Å². The Labute approximate surface area is 172 Å². The number of pyridine rings is 1. The fourth-order valence-electron chi connectivity index (χ4n) is 3.11. The van der Waals surface area contributed by atoms with Gasteiger partial charge in [0.15, 0.2) is 11.5 Å². The van der Waals surface area contributed by atoms with Crippen LogP contribution in [-0.2, 0) is 6.54 Å². The molecule has 0 atom stereocenters. The van der Waals surface area contributed by atoms with Crippen molar-refractivity contribution >= 4 is 11.9 Å². The van der Waals surface area contributed by atoms with Gasteiger partial charge in [0, 0.05) is 19.3 Å². The minimum atomic E-state index is 0.590. The van der Waals surface area contributed by atoms with Gasteiger partial charge >= 0.3 is 0 Å². The Kier molecular flexibility index (Phi) is 7.11. The first kappa shape index (κ1) is 20.3. The zero-order chi connectivity index (χ0) is 20.5. The second-order valence-electron chi connectivity index (χ2n) is 6.42. The van der Waals surface area contributed by atoms with Gasteiger partial charge in [0.25, 0.3) is 0 Å². The van der Waals surface area contributed by atoms with Crippen LogP contribution in [0.25, 0.3) is 6.08 Å². The normalized spacial score (nSPS) is 10.7. The third-order valence-electron chi connectivity index (χ3n) is 4.51. The summed E-state index contributed by atoms with van der Waals surface area (Å²) in [6.07, 6.45) is 6.06. The molecule has 0 saturated carbocycles. The fraction of sp³-hybridized carbons (Fsp3) is 0.208. The lowest BCUT2D eigenvalue weighted by molar-refractivity contribution is 0.324. The Bertz CT molecular complexity index is 902. The first-order valence-electron chi connectivity index (χ1n) is 9.41. The third kappa shape index (κ3) is 5.29. The number of anilines is 1. The molecule has 0 fully saturated rings. The molecular formula is C24H26N2O3. The molecule has 0 aliphatic rings. The predicted molar refractivity (Wildman–Crippen MR) is 117 cm³/mol. The number of aromatic nitrogens is 1. The topological polar surface area (TPSA) is 43.8 Å². The highest BCUT2D eigenvalue weighted by Crippen LogP contribution is 2.38. The number of nitrogens with zero attached hydrogens (tertiary/aromatic N) is 2. The molecule has 3 aromatic rings. The molecule has 0 spiro atoms. The van der Waals surface area contributed by atoms with Gasteiger partial charge in [0.05, 0.1) is 21.3 Å². The molecule has 5 heteroatoms. The third-order valence-corrected chi connectivity index (χ3v) is 4.51. The molecule has 3 rings (SSSR count). The van der Waals surface area contributed by atoms with Crippen molar-refractivity contribution in [3.8, 4) is 17.2 Å². The van der Waals surface area contributed by atoms with Crippen LogP contribution >= 0.6 is 0 Å². The van der Waals surface area contributed by atoms with Crippen LogP contribution in [0, 0.1) is 0 Å². The van der Waals surface area contributed by atoms with Gasteiger partial charge in [-0.15, -0.1) is 0 Å². The molecule has 5 nitrogen and oxygen atoms in total. The second-order valence-corrected chi connectivity index (χ2v) is 6.42. The lowest BCUT2D eigenvalue weighted by Crippen LogP contribution is -2.23. The average molecular weight is 390 g/mol. The summed E-state index contributed by atoms with van der Waals surface area (Å²) in [6, 6.07) is 20.1. The van der Waals surface area contributed by atoms with E-state index in [1.54, 1.807) is 27.5 Å². The number of methoxy groups -OCH3 is 3. The monoisotopic (exact) mass is 390 g/mol. The van der Waals surface area contributed by atoms with E-state index in [9.17, 15) is 0 Å². The maximum atomic E-state index is 5.49. The maximum Gasteiger partial charge on any atom is 0.203 e. The predicted octanol–water partition coefficient (Wildman–Crippen LogP) is 4.83. The fourth-order valence-corrected chi connectivity index (χ4v) is 3.11. The van der Waals surface area contributed by atoms with E-state index in [0.29, 0.717) is 30.3 Å². The number of rotatable bonds is 9. The van der Waals surface area contributed by atoms with Crippen molar-refractivity contribution in [1.29, 1.82) is 0 Å². The quantitative estimate of drug-likeness (QED) is 0.524. The van der Waals surface area contributed by atoms with E-state index in [1.807, 2.05) is 48.5 Å². The molecule has 0 N–H and O–H groups in total. The Hall–Kier alpha value is -3.47. The minimum Gasteiger partial charge on any atom is -0.493 e. The summed E-state index contributed by atoms with van der Waals surface area (Å²) < 4.78 is 16.4. The van der Waals surface area contributed by atoms with Gasteiger partial charge in [-0.3, -0.25) is 0 Å². The van der Waals surface area contributed by atoms with E-state index in [4.69, 9.17) is 14.2 Å². The first-order chi connectivity index (χ1) is 14.2. The zero-order valence-corrected chi connectivity index (χ0v) is 17.0. The first-order valence-corrected chi connectivity index (χ1v) is 9.41. The Morgan fingerprint density at radius 3 is 2.14 bits per heavy atom. The van der Waals surface area contributed by atoms with Crippen molar-refractivity contribution < 1.29 is 14.2 Å². The highest BCUT2D eigenvalue weighted by atomic mass is 16.5. The Morgan fingerprint density at radius 2 is 1.55 bits per heavy atom. The average Bonchev–Trinajstić information content (AvgIpc) is 2.79. The Balaban J connectivity index is 1.86. The SMILES string of the molecule is COc1cc(CN(C/C=C/c2ccccc2)c2ccccn2)cc(OC)c1OC. The molecule has 0 aliphatic carbocycles. The molecule has 150 valence electrons. The Morgan fingerprint density at radius 1 is 0.862 bits per heavy atom. The standard InChI is InChI=1S/C24H26N2O3/c1-27-21-16-20(17-22(28-2)24(21)29-3)18-26(23-13-7-8-14-25-23)15-9-12-19-10-5-4-6-11-19/h4-14,16-17H,15,18H2,1-3H3/b12-9+. The summed E-state index contributed by atoms with van der Waals surface area (Å²) >= 11 is 0. The van der Waals surface area contributed by atoms with Gasteiger partial charge < -0.3 is 19.1 Å². The highest BCUT2D eigenvalue weighted by molar-refractivity contribution is 5.55. The maximum absolute atomic E-state index is 5.49. The van der Waals surface area contributed by atoms with Gasteiger partial charge in [-0.2, -0.15) is 0 Å². The zero-order valence-electron chi connectivity index (χ0n) is 17.0. The molecule has 0 aliphatic heterocycles. The van der Waals surface area contributed by atoms with Crippen LogP contribution in [0.5, 0.6) is 17.2 Å². The van der Waals surface area contributed by atoms with Crippen LogP contribution in [0.15, 0.2) is 72.9 Å². The van der Waals surface area contributed by atoms with E-state index in [-0.39, 0.29) is 0 Å². The van der Waals surface area contributed by atoms with E-state index < -0.39 is 0 Å². The lowest BCUT2D eigenvalue weighted by atomic mass is 10.1. The molecule has 2 aromatic carbocycles. The number of hydrogen-bond donors (Lipinski definition) is 0. The van der Waals surface area contributed by atoms with Crippen LogP contribution in [0.3, 0.4) is 0 Å². The van der Waals surface area contributed by atoms with E-state index in [1.165, 1.54) is 5.56 Å². The summed E-state index contributed by atoms with van der Waals surface area (Å²) in [5.74, 6) is 2.77. The molecule has 29 heavy (non-hydrogen) atoms. The number of hydrogen-bond acceptors (Lipinski definition) is 5. The molecule has 0 amide bonds. The number of ether oxygens (including phenoxy) is 3. The summed E-state index contributed by atoms with van der Waals surface area (Å²) in [5, 5.41) is 0. The molecule has 0 unspecified atom stereocenters. The van der Waals surface area contributed by atoms with Crippen molar-refractivity contribution in [2.45, 2.75) is 6.54 Å². The molecular weight excluding hydrogens is 364 g/mol. The summed E-state index contributed by atoms with van der Waals surface area (Å²) in [7, 11) is 4.86.